The number of nitro groups is 1. The largest absolute Gasteiger partial charge is 0.493 e. The topological polar surface area (TPSA) is 91.1 Å². The van der Waals surface area contributed by atoms with Crippen LogP contribution >= 0.6 is 27.7 Å². The van der Waals surface area contributed by atoms with Gasteiger partial charge in [-0.05, 0) is 38.4 Å². The fourth-order valence-corrected chi connectivity index (χ4v) is 5.95. The summed E-state index contributed by atoms with van der Waals surface area (Å²) in [6.45, 7) is 5.53. The average molecular weight is 590 g/mol. The van der Waals surface area contributed by atoms with E-state index in [0.29, 0.717) is 31.3 Å². The van der Waals surface area contributed by atoms with Gasteiger partial charge in [0.05, 0.1) is 30.7 Å². The molecule has 1 fully saturated rings. The molecule has 204 valence electrons. The van der Waals surface area contributed by atoms with E-state index in [1.165, 1.54) is 44.9 Å². The van der Waals surface area contributed by atoms with Crippen LogP contribution in [-0.4, -0.2) is 65.2 Å². The summed E-state index contributed by atoms with van der Waals surface area (Å²) in [5.41, 5.74) is -0.389. The van der Waals surface area contributed by atoms with E-state index in [1.54, 1.807) is 16.7 Å². The van der Waals surface area contributed by atoms with Crippen LogP contribution in [0.15, 0.2) is 12.1 Å². The SMILES string of the molecule is CCOC(SCC)[C@@H]1CCCN1C(=O)c1cc(OC)c(OCCCCCCCCCBr)cc1[N+](=O)[O-]. The number of carbonyl (C=O) groups excluding carboxylic acids is 1. The molecule has 1 heterocycles. The van der Waals surface area contributed by atoms with Crippen LogP contribution in [-0.2, 0) is 4.74 Å². The first kappa shape index (κ1) is 30.7. The van der Waals surface area contributed by atoms with E-state index in [9.17, 15) is 14.9 Å². The molecule has 0 aliphatic carbocycles. The Morgan fingerprint density at radius 2 is 1.86 bits per heavy atom. The van der Waals surface area contributed by atoms with Crippen molar-refractivity contribution < 1.29 is 23.9 Å². The van der Waals surface area contributed by atoms with Crippen LogP contribution in [0.4, 0.5) is 5.69 Å². The van der Waals surface area contributed by atoms with Crippen LogP contribution in [0.5, 0.6) is 11.5 Å². The molecule has 2 atom stereocenters. The van der Waals surface area contributed by atoms with E-state index in [2.05, 4.69) is 22.9 Å². The Morgan fingerprint density at radius 1 is 1.17 bits per heavy atom. The van der Waals surface area contributed by atoms with Crippen molar-refractivity contribution in [3.63, 3.8) is 0 Å². The van der Waals surface area contributed by atoms with Crippen molar-refractivity contribution in [2.75, 3.05) is 38.0 Å². The third-order valence-corrected chi connectivity index (χ3v) is 7.95. The number of hydrogen-bond acceptors (Lipinski definition) is 7. The van der Waals surface area contributed by atoms with Gasteiger partial charge in [0.2, 0.25) is 0 Å². The number of rotatable bonds is 18. The maximum Gasteiger partial charge on any atom is 0.286 e. The van der Waals surface area contributed by atoms with Gasteiger partial charge in [0.15, 0.2) is 11.5 Å². The summed E-state index contributed by atoms with van der Waals surface area (Å²) in [5, 5.41) is 13.0. The Hall–Kier alpha value is -1.52. The monoisotopic (exact) mass is 588 g/mol. The van der Waals surface area contributed by atoms with Crippen LogP contribution in [0.1, 0.15) is 82.0 Å². The minimum Gasteiger partial charge on any atom is -0.493 e. The number of amides is 1. The Balaban J connectivity index is 2.10. The number of benzene rings is 1. The van der Waals surface area contributed by atoms with Gasteiger partial charge in [0, 0.05) is 24.5 Å². The predicted octanol–water partition coefficient (Wildman–Crippen LogP) is 6.83. The summed E-state index contributed by atoms with van der Waals surface area (Å²) in [6, 6.07) is 2.67. The van der Waals surface area contributed by atoms with Crippen LogP contribution < -0.4 is 9.47 Å². The molecule has 0 bridgehead atoms. The predicted molar refractivity (Wildman–Crippen MR) is 149 cm³/mol. The first-order valence-corrected chi connectivity index (χ1v) is 15.2. The maximum absolute atomic E-state index is 13.6. The zero-order chi connectivity index (χ0) is 26.3. The quantitative estimate of drug-likeness (QED) is 0.0610. The number of ether oxygens (including phenoxy) is 3. The summed E-state index contributed by atoms with van der Waals surface area (Å²) >= 11 is 5.11. The molecular formula is C26H41BrN2O6S. The van der Waals surface area contributed by atoms with E-state index >= 15 is 0 Å². The number of alkyl halides is 1. The molecule has 1 amide bonds. The summed E-state index contributed by atoms with van der Waals surface area (Å²) < 4.78 is 17.2. The van der Waals surface area contributed by atoms with Crippen molar-refractivity contribution in [3.05, 3.63) is 27.8 Å². The van der Waals surface area contributed by atoms with Gasteiger partial charge < -0.3 is 19.1 Å². The van der Waals surface area contributed by atoms with Gasteiger partial charge in [-0.3, -0.25) is 14.9 Å². The molecule has 0 radical (unpaired) electrons. The van der Waals surface area contributed by atoms with Crippen molar-refractivity contribution in [2.45, 2.75) is 83.1 Å². The molecule has 1 aliphatic rings. The zero-order valence-corrected chi connectivity index (χ0v) is 24.2. The molecule has 1 saturated heterocycles. The van der Waals surface area contributed by atoms with Crippen LogP contribution in [0.25, 0.3) is 0 Å². The maximum atomic E-state index is 13.6. The van der Waals surface area contributed by atoms with Crippen molar-refractivity contribution in [3.8, 4) is 11.5 Å². The Morgan fingerprint density at radius 3 is 2.47 bits per heavy atom. The number of carbonyl (C=O) groups is 1. The van der Waals surface area contributed by atoms with Gasteiger partial charge in [-0.15, -0.1) is 11.8 Å². The molecule has 1 unspecified atom stereocenters. The first-order valence-electron chi connectivity index (χ1n) is 13.1. The van der Waals surface area contributed by atoms with Crippen LogP contribution in [0, 0.1) is 10.1 Å². The lowest BCUT2D eigenvalue weighted by Crippen LogP contribution is -2.43. The molecule has 8 nitrogen and oxygen atoms in total. The normalized spacial score (nSPS) is 16.2. The lowest BCUT2D eigenvalue weighted by Gasteiger charge is -2.31. The second-order valence-electron chi connectivity index (χ2n) is 8.78. The number of nitro benzene ring substituents is 1. The number of unbranched alkanes of at least 4 members (excludes halogenated alkanes) is 6. The van der Waals surface area contributed by atoms with Gasteiger partial charge >= 0.3 is 0 Å². The van der Waals surface area contributed by atoms with Crippen LogP contribution in [0.3, 0.4) is 0 Å². The molecule has 1 aromatic rings. The summed E-state index contributed by atoms with van der Waals surface area (Å²) in [6.07, 6.45) is 9.60. The number of hydrogen-bond donors (Lipinski definition) is 0. The van der Waals surface area contributed by atoms with Gasteiger partial charge in [-0.1, -0.05) is 55.0 Å². The molecular weight excluding hydrogens is 548 g/mol. The molecule has 0 N–H and O–H groups in total. The van der Waals surface area contributed by atoms with Gasteiger partial charge in [-0.25, -0.2) is 0 Å². The highest BCUT2D eigenvalue weighted by Crippen LogP contribution is 2.37. The first-order chi connectivity index (χ1) is 17.5. The van der Waals surface area contributed by atoms with E-state index in [1.807, 2.05) is 6.92 Å². The second-order valence-corrected chi connectivity index (χ2v) is 10.9. The van der Waals surface area contributed by atoms with Crippen molar-refractivity contribution in [1.82, 2.24) is 4.90 Å². The number of thioether (sulfide) groups is 1. The summed E-state index contributed by atoms with van der Waals surface area (Å²) in [7, 11) is 1.48. The zero-order valence-electron chi connectivity index (χ0n) is 21.8. The summed E-state index contributed by atoms with van der Waals surface area (Å²) in [5.74, 6) is 1.12. The molecule has 1 aliphatic heterocycles. The molecule has 0 saturated carbocycles. The Labute approximate surface area is 228 Å². The lowest BCUT2D eigenvalue weighted by molar-refractivity contribution is -0.385. The third-order valence-electron chi connectivity index (χ3n) is 6.28. The van der Waals surface area contributed by atoms with Gasteiger partial charge in [-0.2, -0.15) is 0 Å². The molecule has 0 aromatic heterocycles. The third kappa shape index (κ3) is 9.10. The lowest BCUT2D eigenvalue weighted by atomic mass is 10.1. The highest BCUT2D eigenvalue weighted by molar-refractivity contribution is 9.09. The number of methoxy groups -OCH3 is 1. The number of likely N-dealkylation sites (tertiary alicyclic amines) is 1. The summed E-state index contributed by atoms with van der Waals surface area (Å²) in [4.78, 5) is 26.7. The van der Waals surface area contributed by atoms with Gasteiger partial charge in [0.1, 0.15) is 11.0 Å². The van der Waals surface area contributed by atoms with Crippen LogP contribution in [0.2, 0.25) is 0 Å². The van der Waals surface area contributed by atoms with E-state index < -0.39 is 4.92 Å². The molecule has 1 aromatic carbocycles. The Kier molecular flexibility index (Phi) is 14.6. The molecule has 0 spiro atoms. The van der Waals surface area contributed by atoms with E-state index in [-0.39, 0.29) is 28.6 Å². The number of nitrogens with zero attached hydrogens (tertiary/aromatic N) is 2. The van der Waals surface area contributed by atoms with E-state index in [4.69, 9.17) is 14.2 Å². The smallest absolute Gasteiger partial charge is 0.286 e. The van der Waals surface area contributed by atoms with Crippen molar-refractivity contribution >= 4 is 39.3 Å². The second kappa shape index (κ2) is 17.1. The minimum atomic E-state index is -0.516. The fourth-order valence-electron chi connectivity index (χ4n) is 4.49. The average Bonchev–Trinajstić information content (AvgIpc) is 3.36. The molecule has 2 rings (SSSR count). The molecule has 36 heavy (non-hydrogen) atoms. The highest BCUT2D eigenvalue weighted by atomic mass is 79.9. The van der Waals surface area contributed by atoms with Gasteiger partial charge in [0.25, 0.3) is 11.6 Å². The highest BCUT2D eigenvalue weighted by Gasteiger charge is 2.38. The fraction of sp³-hybridized carbons (Fsp3) is 0.731. The van der Waals surface area contributed by atoms with Crippen molar-refractivity contribution in [2.24, 2.45) is 0 Å². The van der Waals surface area contributed by atoms with Crippen molar-refractivity contribution in [1.29, 1.82) is 0 Å². The molecule has 10 heteroatoms. The van der Waals surface area contributed by atoms with E-state index in [0.717, 1.165) is 43.2 Å². The number of halogens is 1. The minimum absolute atomic E-state index is 0.0244. The Bertz CT molecular complexity index is 822. The standard InChI is InChI=1S/C26H41BrN2O6S/c1-4-34-26(36-5-2)21-14-13-16-28(21)25(30)20-18-23(33-3)24(19-22(20)29(31)32)35-17-12-10-8-6-7-9-11-15-27/h18-19,21,26H,4-17H2,1-3H3/t21-,26?/m0/s1.